The molecular weight excluding hydrogens is 453 g/mol. The van der Waals surface area contributed by atoms with Gasteiger partial charge in [-0.3, -0.25) is 4.79 Å². The number of halogens is 1. The second-order valence-corrected chi connectivity index (χ2v) is 9.04. The number of carbonyl (C=O) groups is 2. The molecule has 3 aromatic carbocycles. The Morgan fingerprint density at radius 1 is 1.06 bits per heavy atom. The Morgan fingerprint density at radius 2 is 1.77 bits per heavy atom. The third kappa shape index (κ3) is 2.82. The van der Waals surface area contributed by atoms with Gasteiger partial charge in [-0.15, -0.1) is 0 Å². The Kier molecular flexibility index (Phi) is 4.58. The maximum Gasteiger partial charge on any atom is 0.348 e. The first-order valence-electron chi connectivity index (χ1n) is 11.4. The molecule has 178 valence electrons. The molecule has 0 saturated heterocycles. The zero-order valence-corrected chi connectivity index (χ0v) is 18.8. The summed E-state index contributed by atoms with van der Waals surface area (Å²) in [5.74, 6) is -1.62. The quantitative estimate of drug-likeness (QED) is 0.585. The number of carboxylic acids is 1. The van der Waals surface area contributed by atoms with Crippen LogP contribution in [0.25, 0.3) is 0 Å². The summed E-state index contributed by atoms with van der Waals surface area (Å²) in [5.41, 5.74) is -0.652. The molecular formula is C27H22FNO6. The predicted octanol–water partition coefficient (Wildman–Crippen LogP) is 4.28. The Balaban J connectivity index is 1.69. The summed E-state index contributed by atoms with van der Waals surface area (Å²) >= 11 is 0. The van der Waals surface area contributed by atoms with Gasteiger partial charge in [0.25, 0.3) is 0 Å². The van der Waals surface area contributed by atoms with Gasteiger partial charge < -0.3 is 24.6 Å². The average molecular weight is 475 g/mol. The number of para-hydroxylation sites is 1. The fourth-order valence-electron chi connectivity index (χ4n) is 5.85. The molecule has 2 N–H and O–H groups in total. The summed E-state index contributed by atoms with van der Waals surface area (Å²) in [6.45, 7) is 1.75. The molecule has 3 heterocycles. The average Bonchev–Trinajstić information content (AvgIpc) is 3.42. The number of fused-ring (bicyclic) bond motifs is 5. The van der Waals surface area contributed by atoms with Crippen LogP contribution in [0.1, 0.15) is 30.0 Å². The van der Waals surface area contributed by atoms with Crippen molar-refractivity contribution >= 4 is 17.6 Å². The minimum atomic E-state index is -1.75. The summed E-state index contributed by atoms with van der Waals surface area (Å²) in [6.07, 6.45) is 0.259. The van der Waals surface area contributed by atoms with Gasteiger partial charge in [-0.2, -0.15) is 0 Å². The van der Waals surface area contributed by atoms with E-state index in [9.17, 15) is 19.1 Å². The number of hydrogen-bond donors (Lipinski definition) is 2. The first-order valence-corrected chi connectivity index (χ1v) is 11.4. The molecule has 0 bridgehead atoms. The lowest BCUT2D eigenvalue weighted by Crippen LogP contribution is -2.64. The molecule has 0 aliphatic carbocycles. The van der Waals surface area contributed by atoms with Gasteiger partial charge in [-0.25, -0.2) is 9.18 Å². The highest BCUT2D eigenvalue weighted by Crippen LogP contribution is 2.60. The number of ether oxygens (including phenoxy) is 3. The molecule has 7 nitrogen and oxygen atoms in total. The second-order valence-electron chi connectivity index (χ2n) is 9.04. The molecule has 1 spiro atoms. The molecule has 3 atom stereocenters. The zero-order chi connectivity index (χ0) is 24.4. The summed E-state index contributed by atoms with van der Waals surface area (Å²) in [7, 11) is 0. The number of carboxylic acid groups (broad SMARTS) is 1. The Labute approximate surface area is 200 Å². The topological polar surface area (TPSA) is 94.1 Å². The van der Waals surface area contributed by atoms with Crippen molar-refractivity contribution in [2.75, 3.05) is 12.1 Å². The number of hydrogen-bond acceptors (Lipinski definition) is 5. The van der Waals surface area contributed by atoms with Crippen LogP contribution >= 0.6 is 0 Å². The van der Waals surface area contributed by atoms with Gasteiger partial charge >= 0.3 is 5.97 Å². The lowest BCUT2D eigenvalue weighted by atomic mass is 9.56. The van der Waals surface area contributed by atoms with E-state index in [2.05, 4.69) is 5.32 Å². The molecule has 0 saturated carbocycles. The van der Waals surface area contributed by atoms with Crippen molar-refractivity contribution in [1.82, 2.24) is 0 Å². The van der Waals surface area contributed by atoms with Crippen molar-refractivity contribution in [3.8, 4) is 17.2 Å². The van der Waals surface area contributed by atoms with Crippen LogP contribution in [-0.4, -0.2) is 29.4 Å². The number of rotatable bonds is 4. The first kappa shape index (κ1) is 21.5. The highest BCUT2D eigenvalue weighted by Gasteiger charge is 2.67. The van der Waals surface area contributed by atoms with Crippen LogP contribution < -0.4 is 19.5 Å². The van der Waals surface area contributed by atoms with Crippen molar-refractivity contribution in [3.63, 3.8) is 0 Å². The smallest absolute Gasteiger partial charge is 0.348 e. The van der Waals surface area contributed by atoms with Crippen LogP contribution in [0.2, 0.25) is 0 Å². The van der Waals surface area contributed by atoms with Crippen molar-refractivity contribution < 1.29 is 33.3 Å². The maximum atomic E-state index is 14.1. The molecule has 8 heteroatoms. The minimum absolute atomic E-state index is 0.0187. The fraction of sp³-hybridized carbons (Fsp3) is 0.259. The Bertz CT molecular complexity index is 1370. The monoisotopic (exact) mass is 475 g/mol. The Morgan fingerprint density at radius 3 is 2.49 bits per heavy atom. The SMILES string of the molecule is CCC1(C(=O)O)Oc2cc3c(cc2C2(C(=O)Nc4ccccc42)C1Cc1ccc(F)cc1)OCO3. The van der Waals surface area contributed by atoms with E-state index < -0.39 is 28.7 Å². The van der Waals surface area contributed by atoms with Gasteiger partial charge in [0.05, 0.1) is 0 Å². The third-order valence-corrected chi connectivity index (χ3v) is 7.48. The number of amides is 1. The summed E-state index contributed by atoms with van der Waals surface area (Å²) in [5, 5.41) is 13.6. The van der Waals surface area contributed by atoms with E-state index in [0.717, 1.165) is 0 Å². The van der Waals surface area contributed by atoms with Crippen LogP contribution in [0, 0.1) is 11.7 Å². The molecule has 0 fully saturated rings. The largest absolute Gasteiger partial charge is 0.478 e. The molecule has 6 rings (SSSR count). The zero-order valence-electron chi connectivity index (χ0n) is 18.8. The van der Waals surface area contributed by atoms with E-state index in [4.69, 9.17) is 14.2 Å². The van der Waals surface area contributed by atoms with Crippen LogP contribution in [-0.2, 0) is 21.4 Å². The van der Waals surface area contributed by atoms with E-state index in [1.807, 2.05) is 18.2 Å². The molecule has 1 amide bonds. The van der Waals surface area contributed by atoms with Gasteiger partial charge in [0, 0.05) is 23.2 Å². The lowest BCUT2D eigenvalue weighted by molar-refractivity contribution is -0.167. The normalized spacial score (nSPS) is 25.5. The number of anilines is 1. The van der Waals surface area contributed by atoms with Gasteiger partial charge in [-0.05, 0) is 48.2 Å². The van der Waals surface area contributed by atoms with E-state index in [1.165, 1.54) is 12.1 Å². The second kappa shape index (κ2) is 7.46. The van der Waals surface area contributed by atoms with Gasteiger partial charge in [0.15, 0.2) is 11.5 Å². The number of aliphatic carboxylic acids is 1. The standard InChI is InChI=1S/C27H22FNO6/c1-2-26(25(31)32)23(11-15-7-9-16(28)10-8-15)27(17-5-3-4-6-19(17)29-24(27)30)18-12-21-22(34-14-33-21)13-20(18)35-26/h3-10,12-13,23H,2,11,14H2,1H3,(H,29,30)(H,31,32). The number of benzene rings is 3. The molecule has 3 aliphatic heterocycles. The molecule has 3 unspecified atom stereocenters. The van der Waals surface area contributed by atoms with Gasteiger partial charge in [-0.1, -0.05) is 37.3 Å². The highest BCUT2D eigenvalue weighted by atomic mass is 19.1. The van der Waals surface area contributed by atoms with E-state index >= 15 is 0 Å². The lowest BCUT2D eigenvalue weighted by Gasteiger charge is -2.50. The molecule has 0 radical (unpaired) electrons. The fourth-order valence-corrected chi connectivity index (χ4v) is 5.85. The van der Waals surface area contributed by atoms with E-state index in [0.29, 0.717) is 33.9 Å². The predicted molar refractivity (Wildman–Crippen MR) is 123 cm³/mol. The minimum Gasteiger partial charge on any atom is -0.478 e. The molecule has 0 aromatic heterocycles. The van der Waals surface area contributed by atoms with Gasteiger partial charge in [0.1, 0.15) is 17.0 Å². The van der Waals surface area contributed by atoms with E-state index in [1.54, 1.807) is 37.3 Å². The number of nitrogens with one attached hydrogen (secondary N) is 1. The number of carbonyl (C=O) groups excluding carboxylic acids is 1. The van der Waals surface area contributed by atoms with Crippen LogP contribution in [0.3, 0.4) is 0 Å². The summed E-state index contributed by atoms with van der Waals surface area (Å²) in [6, 6.07) is 16.5. The molecule has 3 aromatic rings. The first-order chi connectivity index (χ1) is 16.9. The third-order valence-electron chi connectivity index (χ3n) is 7.48. The highest BCUT2D eigenvalue weighted by molar-refractivity contribution is 6.10. The van der Waals surface area contributed by atoms with Crippen LogP contribution in [0.15, 0.2) is 60.7 Å². The van der Waals surface area contributed by atoms with Crippen LogP contribution in [0.5, 0.6) is 17.2 Å². The summed E-state index contributed by atoms with van der Waals surface area (Å²) < 4.78 is 31.1. The molecule has 35 heavy (non-hydrogen) atoms. The van der Waals surface area contributed by atoms with Gasteiger partial charge in [0.2, 0.25) is 18.3 Å². The van der Waals surface area contributed by atoms with Crippen molar-refractivity contribution in [2.45, 2.75) is 30.8 Å². The molecule has 3 aliphatic rings. The van der Waals surface area contributed by atoms with Crippen molar-refractivity contribution in [1.29, 1.82) is 0 Å². The Hall–Kier alpha value is -4.07. The van der Waals surface area contributed by atoms with Crippen molar-refractivity contribution in [2.24, 2.45) is 5.92 Å². The van der Waals surface area contributed by atoms with Crippen LogP contribution in [0.4, 0.5) is 10.1 Å². The maximum absolute atomic E-state index is 14.1. The summed E-state index contributed by atoms with van der Waals surface area (Å²) in [4.78, 5) is 27.1. The van der Waals surface area contributed by atoms with E-state index in [-0.39, 0.29) is 31.3 Å². The van der Waals surface area contributed by atoms with Crippen molar-refractivity contribution in [3.05, 3.63) is 83.2 Å².